The summed E-state index contributed by atoms with van der Waals surface area (Å²) in [5.74, 6) is 0. The van der Waals surface area contributed by atoms with Crippen molar-refractivity contribution in [1.82, 2.24) is 0 Å². The zero-order valence-electron chi connectivity index (χ0n) is 14.8. The molecule has 0 aliphatic carbocycles. The molecule has 0 radical (unpaired) electrons. The number of para-hydroxylation sites is 1. The fourth-order valence-corrected chi connectivity index (χ4v) is 4.42. The van der Waals surface area contributed by atoms with Crippen LogP contribution >= 0.6 is 0 Å². The summed E-state index contributed by atoms with van der Waals surface area (Å²) >= 11 is 0. The van der Waals surface area contributed by atoms with Crippen LogP contribution in [0.4, 0.5) is 5.69 Å². The lowest BCUT2D eigenvalue weighted by Crippen LogP contribution is -2.33. The zero-order chi connectivity index (χ0) is 18.0. The minimum atomic E-state index is -3.67. The maximum atomic E-state index is 13.3. The van der Waals surface area contributed by atoms with Gasteiger partial charge in [-0.3, -0.25) is 4.31 Å². The molecule has 0 heterocycles. The van der Waals surface area contributed by atoms with Gasteiger partial charge in [0.15, 0.2) is 0 Å². The van der Waals surface area contributed by atoms with Crippen LogP contribution in [-0.2, 0) is 15.4 Å². The Morgan fingerprint density at radius 3 is 2.21 bits per heavy atom. The van der Waals surface area contributed by atoms with Gasteiger partial charge >= 0.3 is 0 Å². The molecule has 128 valence electrons. The van der Waals surface area contributed by atoms with E-state index >= 15 is 0 Å². The Bertz CT molecular complexity index is 833. The Labute approximate surface area is 145 Å². The van der Waals surface area contributed by atoms with Gasteiger partial charge in [-0.1, -0.05) is 63.2 Å². The van der Waals surface area contributed by atoms with Crippen LogP contribution < -0.4 is 4.31 Å². The van der Waals surface area contributed by atoms with Gasteiger partial charge in [0.25, 0.3) is 10.0 Å². The van der Waals surface area contributed by atoms with Crippen molar-refractivity contribution in [1.29, 1.82) is 0 Å². The molecule has 0 aliphatic rings. The highest BCUT2D eigenvalue weighted by atomic mass is 32.2. The minimum Gasteiger partial charge on any atom is -0.262 e. The number of rotatable bonds is 5. The van der Waals surface area contributed by atoms with Crippen molar-refractivity contribution in [3.8, 4) is 0 Å². The van der Waals surface area contributed by atoms with Gasteiger partial charge in [-0.2, -0.15) is 0 Å². The number of anilines is 1. The molecule has 4 heteroatoms. The van der Waals surface area contributed by atoms with E-state index < -0.39 is 10.0 Å². The summed E-state index contributed by atoms with van der Waals surface area (Å²) in [4.78, 5) is 0.329. The van der Waals surface area contributed by atoms with Crippen molar-refractivity contribution in [3.63, 3.8) is 0 Å². The number of hydrogen-bond acceptors (Lipinski definition) is 2. The summed E-state index contributed by atoms with van der Waals surface area (Å²) in [6, 6.07) is 14.7. The molecule has 0 unspecified atom stereocenters. The number of hydrogen-bond donors (Lipinski definition) is 0. The Morgan fingerprint density at radius 1 is 1.04 bits per heavy atom. The van der Waals surface area contributed by atoms with Gasteiger partial charge in [0.1, 0.15) is 0 Å². The van der Waals surface area contributed by atoms with Crippen molar-refractivity contribution in [2.24, 2.45) is 0 Å². The minimum absolute atomic E-state index is 0.169. The van der Waals surface area contributed by atoms with Gasteiger partial charge in [0.2, 0.25) is 0 Å². The molecule has 3 nitrogen and oxygen atoms in total. The average molecular weight is 343 g/mol. The van der Waals surface area contributed by atoms with Crippen molar-refractivity contribution >= 4 is 15.7 Å². The second-order valence-corrected chi connectivity index (χ2v) is 8.69. The topological polar surface area (TPSA) is 37.4 Å². The van der Waals surface area contributed by atoms with Gasteiger partial charge < -0.3 is 0 Å². The first-order valence-electron chi connectivity index (χ1n) is 7.98. The predicted molar refractivity (Wildman–Crippen MR) is 101 cm³/mol. The van der Waals surface area contributed by atoms with E-state index in [-0.39, 0.29) is 12.0 Å². The van der Waals surface area contributed by atoms with E-state index in [1.807, 2.05) is 43.3 Å². The normalized spacial score (nSPS) is 12.0. The third-order valence-corrected chi connectivity index (χ3v) is 5.88. The van der Waals surface area contributed by atoms with Crippen LogP contribution in [0.1, 0.15) is 31.9 Å². The molecule has 0 spiro atoms. The van der Waals surface area contributed by atoms with Gasteiger partial charge in [0.05, 0.1) is 17.1 Å². The zero-order valence-corrected chi connectivity index (χ0v) is 15.6. The van der Waals surface area contributed by atoms with Gasteiger partial charge in [0, 0.05) is 0 Å². The molecule has 0 amide bonds. The third-order valence-electron chi connectivity index (χ3n) is 3.94. The van der Waals surface area contributed by atoms with Crippen LogP contribution in [0.25, 0.3) is 0 Å². The molecule has 2 aromatic rings. The number of benzene rings is 2. The second kappa shape index (κ2) is 6.81. The highest BCUT2D eigenvalue weighted by Crippen LogP contribution is 2.35. The first-order valence-corrected chi connectivity index (χ1v) is 9.42. The molecule has 2 aromatic carbocycles. The Kier molecular flexibility index (Phi) is 5.19. The lowest BCUT2D eigenvalue weighted by Gasteiger charge is -2.30. The molecule has 0 atom stereocenters. The van der Waals surface area contributed by atoms with E-state index in [0.29, 0.717) is 10.6 Å². The maximum Gasteiger partial charge on any atom is 0.264 e. The maximum absolute atomic E-state index is 13.3. The van der Waals surface area contributed by atoms with Gasteiger partial charge in [-0.25, -0.2) is 8.42 Å². The highest BCUT2D eigenvalue weighted by molar-refractivity contribution is 7.92. The first-order chi connectivity index (χ1) is 11.2. The average Bonchev–Trinajstić information content (AvgIpc) is 2.52. The standard InChI is InChI=1S/C20H25NO2S/c1-6-15-21(18-13-9-8-12-17(18)20(3,4)5)24(22,23)19-14-10-7-11-16(19)2/h6-14H,1,15H2,2-5H3. The van der Waals surface area contributed by atoms with Gasteiger partial charge in [-0.15, -0.1) is 6.58 Å². The van der Waals surface area contributed by atoms with Crippen molar-refractivity contribution < 1.29 is 8.42 Å². The van der Waals surface area contributed by atoms with Crippen LogP contribution in [0.2, 0.25) is 0 Å². The summed E-state index contributed by atoms with van der Waals surface area (Å²) in [6.07, 6.45) is 1.62. The van der Waals surface area contributed by atoms with Crippen LogP contribution in [-0.4, -0.2) is 15.0 Å². The van der Waals surface area contributed by atoms with Crippen molar-refractivity contribution in [2.45, 2.75) is 38.0 Å². The second-order valence-electron chi connectivity index (χ2n) is 6.86. The molecule has 0 aliphatic heterocycles. The summed E-state index contributed by atoms with van der Waals surface area (Å²) in [6.45, 7) is 12.0. The Balaban J connectivity index is 2.68. The Morgan fingerprint density at radius 2 is 1.62 bits per heavy atom. The van der Waals surface area contributed by atoms with Crippen LogP contribution in [0, 0.1) is 6.92 Å². The number of sulfonamides is 1. The van der Waals surface area contributed by atoms with Crippen molar-refractivity contribution in [3.05, 3.63) is 72.3 Å². The van der Waals surface area contributed by atoms with Gasteiger partial charge in [-0.05, 0) is 35.6 Å². The van der Waals surface area contributed by atoms with E-state index in [0.717, 1.165) is 11.1 Å². The lowest BCUT2D eigenvalue weighted by molar-refractivity contribution is 0.582. The summed E-state index contributed by atoms with van der Waals surface area (Å²) in [5.41, 5.74) is 2.26. The van der Waals surface area contributed by atoms with E-state index in [4.69, 9.17) is 0 Å². The molecular formula is C20H25NO2S. The molecule has 0 N–H and O–H groups in total. The lowest BCUT2D eigenvalue weighted by atomic mass is 9.86. The largest absolute Gasteiger partial charge is 0.264 e. The predicted octanol–water partition coefficient (Wildman–Crippen LogP) is 4.67. The van der Waals surface area contributed by atoms with E-state index in [9.17, 15) is 8.42 Å². The quantitative estimate of drug-likeness (QED) is 0.740. The van der Waals surface area contributed by atoms with Crippen LogP contribution in [0.5, 0.6) is 0 Å². The van der Waals surface area contributed by atoms with E-state index in [1.165, 1.54) is 4.31 Å². The molecular weight excluding hydrogens is 318 g/mol. The van der Waals surface area contributed by atoms with E-state index in [2.05, 4.69) is 27.4 Å². The molecule has 0 aromatic heterocycles. The summed E-state index contributed by atoms with van der Waals surface area (Å²) in [7, 11) is -3.67. The van der Waals surface area contributed by atoms with Crippen LogP contribution in [0.3, 0.4) is 0 Å². The fourth-order valence-electron chi connectivity index (χ4n) is 2.73. The summed E-state index contributed by atoms with van der Waals surface area (Å²) in [5, 5.41) is 0. The summed E-state index contributed by atoms with van der Waals surface area (Å²) < 4.78 is 28.0. The van der Waals surface area contributed by atoms with Crippen LogP contribution in [0.15, 0.2) is 66.1 Å². The smallest absolute Gasteiger partial charge is 0.262 e. The fraction of sp³-hybridized carbons (Fsp3) is 0.300. The third kappa shape index (κ3) is 3.54. The molecule has 0 fully saturated rings. The number of nitrogens with zero attached hydrogens (tertiary/aromatic N) is 1. The first kappa shape index (κ1) is 18.3. The monoisotopic (exact) mass is 343 g/mol. The molecule has 24 heavy (non-hydrogen) atoms. The highest BCUT2D eigenvalue weighted by Gasteiger charge is 2.29. The van der Waals surface area contributed by atoms with Crippen molar-refractivity contribution in [2.75, 3.05) is 10.8 Å². The molecule has 0 bridgehead atoms. The molecule has 0 saturated heterocycles. The SMILES string of the molecule is C=CCN(c1ccccc1C(C)(C)C)S(=O)(=O)c1ccccc1C. The molecule has 0 saturated carbocycles. The number of aryl methyl sites for hydroxylation is 1. The Hall–Kier alpha value is -2.07. The molecule has 2 rings (SSSR count). The van der Waals surface area contributed by atoms with E-state index in [1.54, 1.807) is 18.2 Å².